The lowest BCUT2D eigenvalue weighted by Crippen LogP contribution is -2.08. The van der Waals surface area contributed by atoms with E-state index in [4.69, 9.17) is 9.47 Å². The van der Waals surface area contributed by atoms with Gasteiger partial charge < -0.3 is 14.3 Å². The first-order valence-corrected chi connectivity index (χ1v) is 3.04. The number of aldehydes is 1. The molecular formula is C6H10O3. The van der Waals surface area contributed by atoms with E-state index in [1.807, 2.05) is 0 Å². The highest BCUT2D eigenvalue weighted by Gasteiger charge is 2.10. The zero-order chi connectivity index (χ0) is 6.53. The molecule has 0 aromatic rings. The Morgan fingerprint density at radius 3 is 3.11 bits per heavy atom. The normalized spacial score (nSPS) is 29.1. The molecule has 0 aromatic carbocycles. The lowest BCUT2D eigenvalue weighted by atomic mass is 10.1. The summed E-state index contributed by atoms with van der Waals surface area (Å²) in [5.74, 6) is 0.0486. The molecule has 0 saturated carbocycles. The van der Waals surface area contributed by atoms with Crippen LogP contribution in [0.25, 0.3) is 0 Å². The van der Waals surface area contributed by atoms with Crippen molar-refractivity contribution in [3.8, 4) is 0 Å². The van der Waals surface area contributed by atoms with Crippen LogP contribution in [0, 0.1) is 5.92 Å². The lowest BCUT2D eigenvalue weighted by Gasteiger charge is -2.00. The zero-order valence-electron chi connectivity index (χ0n) is 5.21. The second kappa shape index (κ2) is 3.58. The third kappa shape index (κ3) is 2.11. The van der Waals surface area contributed by atoms with Crippen LogP contribution in [0.2, 0.25) is 0 Å². The van der Waals surface area contributed by atoms with Crippen molar-refractivity contribution in [1.82, 2.24) is 0 Å². The Bertz CT molecular complexity index is 84.3. The molecule has 0 unspecified atom stereocenters. The molecule has 0 radical (unpaired) electrons. The van der Waals surface area contributed by atoms with Crippen LogP contribution in [0.5, 0.6) is 0 Å². The summed E-state index contributed by atoms with van der Waals surface area (Å²) in [7, 11) is 0. The summed E-state index contributed by atoms with van der Waals surface area (Å²) in [5, 5.41) is 0. The number of carbonyl (C=O) groups excluding carboxylic acids is 1. The minimum absolute atomic E-state index is 0.0486. The molecule has 1 fully saturated rings. The van der Waals surface area contributed by atoms with Gasteiger partial charge in [0.1, 0.15) is 13.1 Å². The Labute approximate surface area is 53.9 Å². The maximum absolute atomic E-state index is 10.2. The molecule has 1 aliphatic heterocycles. The van der Waals surface area contributed by atoms with Crippen molar-refractivity contribution in [2.75, 3.05) is 20.0 Å². The summed E-state index contributed by atoms with van der Waals surface area (Å²) in [6.07, 6.45) is 1.72. The predicted octanol–water partition coefficient (Wildman–Crippen LogP) is 0.196. The molecule has 0 aliphatic carbocycles. The van der Waals surface area contributed by atoms with Crippen molar-refractivity contribution in [3.63, 3.8) is 0 Å². The Hall–Kier alpha value is -0.410. The molecule has 1 heterocycles. The van der Waals surface area contributed by atoms with Gasteiger partial charge in [-0.1, -0.05) is 0 Å². The van der Waals surface area contributed by atoms with Gasteiger partial charge in [0, 0.05) is 5.92 Å². The van der Waals surface area contributed by atoms with Gasteiger partial charge in [-0.15, -0.1) is 0 Å². The molecule has 1 aliphatic rings. The van der Waals surface area contributed by atoms with Crippen LogP contribution in [-0.2, 0) is 14.3 Å². The van der Waals surface area contributed by atoms with Crippen LogP contribution in [0.4, 0.5) is 0 Å². The van der Waals surface area contributed by atoms with E-state index < -0.39 is 0 Å². The Morgan fingerprint density at radius 1 is 1.44 bits per heavy atom. The van der Waals surface area contributed by atoms with E-state index in [0.717, 1.165) is 12.7 Å². The van der Waals surface area contributed by atoms with Gasteiger partial charge >= 0.3 is 0 Å². The van der Waals surface area contributed by atoms with E-state index in [1.165, 1.54) is 0 Å². The third-order valence-electron chi connectivity index (χ3n) is 1.32. The topological polar surface area (TPSA) is 35.5 Å². The molecule has 3 nitrogen and oxygen atoms in total. The summed E-state index contributed by atoms with van der Waals surface area (Å²) < 4.78 is 9.89. The first kappa shape index (κ1) is 6.71. The van der Waals surface area contributed by atoms with Gasteiger partial charge in [-0.05, 0) is 6.42 Å². The van der Waals surface area contributed by atoms with Gasteiger partial charge in [0.15, 0.2) is 0 Å². The summed E-state index contributed by atoms with van der Waals surface area (Å²) >= 11 is 0. The maximum Gasteiger partial charge on any atom is 0.146 e. The van der Waals surface area contributed by atoms with Gasteiger partial charge in [-0.2, -0.15) is 0 Å². The van der Waals surface area contributed by atoms with E-state index in [9.17, 15) is 4.79 Å². The van der Waals surface area contributed by atoms with Crippen LogP contribution < -0.4 is 0 Å². The average molecular weight is 130 g/mol. The van der Waals surface area contributed by atoms with Gasteiger partial charge in [-0.3, -0.25) is 0 Å². The smallest absolute Gasteiger partial charge is 0.146 e. The number of rotatable bonds is 1. The van der Waals surface area contributed by atoms with Crippen LogP contribution in [-0.4, -0.2) is 26.3 Å². The van der Waals surface area contributed by atoms with Crippen molar-refractivity contribution >= 4 is 6.29 Å². The van der Waals surface area contributed by atoms with Crippen LogP contribution in [0.1, 0.15) is 6.42 Å². The Kier molecular flexibility index (Phi) is 2.67. The van der Waals surface area contributed by atoms with E-state index in [0.29, 0.717) is 20.0 Å². The third-order valence-corrected chi connectivity index (χ3v) is 1.32. The Morgan fingerprint density at radius 2 is 2.33 bits per heavy atom. The highest BCUT2D eigenvalue weighted by molar-refractivity contribution is 5.53. The fourth-order valence-electron chi connectivity index (χ4n) is 0.743. The molecule has 1 atom stereocenters. The van der Waals surface area contributed by atoms with Crippen molar-refractivity contribution in [3.05, 3.63) is 0 Å². The fraction of sp³-hybridized carbons (Fsp3) is 0.833. The van der Waals surface area contributed by atoms with Gasteiger partial charge in [0.25, 0.3) is 0 Å². The molecule has 3 heteroatoms. The van der Waals surface area contributed by atoms with E-state index in [1.54, 1.807) is 0 Å². The minimum Gasteiger partial charge on any atom is -0.355 e. The maximum atomic E-state index is 10.2. The highest BCUT2D eigenvalue weighted by atomic mass is 16.7. The predicted molar refractivity (Wildman–Crippen MR) is 30.9 cm³/mol. The van der Waals surface area contributed by atoms with Crippen molar-refractivity contribution < 1.29 is 14.3 Å². The van der Waals surface area contributed by atoms with Crippen molar-refractivity contribution in [2.45, 2.75) is 6.42 Å². The van der Waals surface area contributed by atoms with Gasteiger partial charge in [0.2, 0.25) is 0 Å². The Balaban J connectivity index is 2.26. The number of carbonyl (C=O) groups is 1. The first-order valence-electron chi connectivity index (χ1n) is 3.04. The van der Waals surface area contributed by atoms with E-state index in [2.05, 4.69) is 0 Å². The molecule has 0 amide bonds. The molecule has 0 N–H and O–H groups in total. The van der Waals surface area contributed by atoms with Crippen molar-refractivity contribution in [2.24, 2.45) is 5.92 Å². The second-order valence-corrected chi connectivity index (χ2v) is 2.08. The summed E-state index contributed by atoms with van der Waals surface area (Å²) in [6, 6.07) is 0. The summed E-state index contributed by atoms with van der Waals surface area (Å²) in [5.41, 5.74) is 0. The number of hydrogen-bond donors (Lipinski definition) is 0. The molecular weight excluding hydrogens is 120 g/mol. The van der Waals surface area contributed by atoms with Gasteiger partial charge in [-0.25, -0.2) is 0 Å². The van der Waals surface area contributed by atoms with Crippen LogP contribution in [0.15, 0.2) is 0 Å². The molecule has 0 spiro atoms. The van der Waals surface area contributed by atoms with E-state index in [-0.39, 0.29) is 5.92 Å². The summed E-state index contributed by atoms with van der Waals surface area (Å²) in [4.78, 5) is 10.2. The monoisotopic (exact) mass is 130 g/mol. The SMILES string of the molecule is O=C[C@H]1CCOCOC1. The van der Waals surface area contributed by atoms with Crippen LogP contribution >= 0.6 is 0 Å². The molecule has 1 saturated heterocycles. The zero-order valence-corrected chi connectivity index (χ0v) is 5.21. The molecule has 52 valence electrons. The largest absolute Gasteiger partial charge is 0.355 e. The average Bonchev–Trinajstić information content (AvgIpc) is 2.13. The molecule has 1 rings (SSSR count). The number of ether oxygens (including phenoxy) is 2. The first-order chi connectivity index (χ1) is 4.43. The second-order valence-electron chi connectivity index (χ2n) is 2.08. The van der Waals surface area contributed by atoms with Gasteiger partial charge in [0.05, 0.1) is 13.2 Å². The molecule has 9 heavy (non-hydrogen) atoms. The van der Waals surface area contributed by atoms with E-state index >= 15 is 0 Å². The fourth-order valence-corrected chi connectivity index (χ4v) is 0.743. The lowest BCUT2D eigenvalue weighted by molar-refractivity contribution is -0.112. The van der Waals surface area contributed by atoms with Crippen molar-refractivity contribution in [1.29, 1.82) is 0 Å². The quantitative estimate of drug-likeness (QED) is 0.475. The minimum atomic E-state index is 0.0486. The highest BCUT2D eigenvalue weighted by Crippen LogP contribution is 2.04. The molecule has 0 bridgehead atoms. The number of hydrogen-bond acceptors (Lipinski definition) is 3. The summed E-state index contributed by atoms with van der Waals surface area (Å²) in [6.45, 7) is 1.50. The molecule has 0 aromatic heterocycles. The van der Waals surface area contributed by atoms with Crippen LogP contribution in [0.3, 0.4) is 0 Å². The standard InChI is InChI=1S/C6H10O3/c7-3-6-1-2-8-5-9-4-6/h3,6H,1-2,4-5H2/t6-/m1/s1.